The normalized spacial score (nSPS) is 11.2. The summed E-state index contributed by atoms with van der Waals surface area (Å²) in [6.07, 6.45) is 5.76. The third-order valence-electron chi connectivity index (χ3n) is 5.65. The highest BCUT2D eigenvalue weighted by molar-refractivity contribution is 6.32. The van der Waals surface area contributed by atoms with E-state index in [2.05, 4.69) is 10.6 Å². The topological polar surface area (TPSA) is 58.2 Å². The Labute approximate surface area is 234 Å². The van der Waals surface area contributed by atoms with Gasteiger partial charge < -0.3 is 10.6 Å². The van der Waals surface area contributed by atoms with Crippen molar-refractivity contribution in [3.8, 4) is 0 Å². The maximum Gasteiger partial charge on any atom is 0.248 e. The van der Waals surface area contributed by atoms with E-state index in [1.165, 1.54) is 48.6 Å². The molecule has 0 bridgehead atoms. The Morgan fingerprint density at radius 3 is 1.36 bits per heavy atom. The minimum atomic E-state index is -0.506. The molecular formula is C31H22Cl2F2N2O2. The Bertz CT molecular complexity index is 1390. The molecule has 0 radical (unpaired) electrons. The van der Waals surface area contributed by atoms with Crippen molar-refractivity contribution in [1.29, 1.82) is 0 Å². The highest BCUT2D eigenvalue weighted by Crippen LogP contribution is 2.22. The number of halogens is 4. The van der Waals surface area contributed by atoms with E-state index in [4.69, 9.17) is 23.2 Å². The molecule has 0 fully saturated rings. The third kappa shape index (κ3) is 7.87. The van der Waals surface area contributed by atoms with Crippen molar-refractivity contribution in [1.82, 2.24) is 0 Å². The average Bonchev–Trinajstić information content (AvgIpc) is 2.90. The number of nitrogens with one attached hydrogen (secondary N) is 2. The second-order valence-electron chi connectivity index (χ2n) is 8.49. The second kappa shape index (κ2) is 13.0. The molecule has 0 spiro atoms. The molecule has 2 amide bonds. The van der Waals surface area contributed by atoms with Gasteiger partial charge in [-0.1, -0.05) is 59.6 Å². The molecule has 0 saturated carbocycles. The maximum absolute atomic E-state index is 13.8. The van der Waals surface area contributed by atoms with Crippen molar-refractivity contribution < 1.29 is 18.4 Å². The van der Waals surface area contributed by atoms with Crippen LogP contribution in [0, 0.1) is 11.6 Å². The molecule has 0 atom stereocenters. The van der Waals surface area contributed by atoms with Gasteiger partial charge in [0.1, 0.15) is 11.6 Å². The van der Waals surface area contributed by atoms with Gasteiger partial charge in [-0.05, 0) is 78.2 Å². The molecule has 8 heteroatoms. The number of anilines is 2. The number of rotatable bonds is 8. The van der Waals surface area contributed by atoms with Gasteiger partial charge in [0.25, 0.3) is 0 Å². The monoisotopic (exact) mass is 562 g/mol. The first kappa shape index (κ1) is 27.8. The predicted octanol–water partition coefficient (Wildman–Crippen LogP) is 8.17. The summed E-state index contributed by atoms with van der Waals surface area (Å²) in [4.78, 5) is 24.4. The molecule has 0 aliphatic rings. The quantitative estimate of drug-likeness (QED) is 0.213. The van der Waals surface area contributed by atoms with Gasteiger partial charge in [0.2, 0.25) is 11.8 Å². The summed E-state index contributed by atoms with van der Waals surface area (Å²) >= 11 is 11.9. The number of amides is 2. The zero-order chi connectivity index (χ0) is 27.8. The fourth-order valence-electron chi connectivity index (χ4n) is 3.67. The van der Waals surface area contributed by atoms with Gasteiger partial charge in [-0.3, -0.25) is 9.59 Å². The fraction of sp³-hybridized carbons (Fsp3) is 0.0323. The van der Waals surface area contributed by atoms with Gasteiger partial charge in [-0.15, -0.1) is 0 Å². The molecule has 0 heterocycles. The zero-order valence-corrected chi connectivity index (χ0v) is 21.9. The summed E-state index contributed by atoms with van der Waals surface area (Å²) in [6, 6.07) is 23.3. The van der Waals surface area contributed by atoms with Crippen molar-refractivity contribution in [3.05, 3.63) is 141 Å². The second-order valence-corrected chi connectivity index (χ2v) is 9.30. The van der Waals surface area contributed by atoms with Crippen LogP contribution in [0.1, 0.15) is 22.3 Å². The lowest BCUT2D eigenvalue weighted by atomic mass is 10.0. The average molecular weight is 563 g/mol. The Balaban J connectivity index is 1.29. The smallest absolute Gasteiger partial charge is 0.248 e. The van der Waals surface area contributed by atoms with E-state index in [1.54, 1.807) is 36.4 Å². The van der Waals surface area contributed by atoms with E-state index in [0.717, 1.165) is 11.1 Å². The van der Waals surface area contributed by atoms with Crippen LogP contribution in [0.25, 0.3) is 12.2 Å². The van der Waals surface area contributed by atoms with Crippen LogP contribution in [0.5, 0.6) is 0 Å². The molecule has 0 unspecified atom stereocenters. The van der Waals surface area contributed by atoms with E-state index in [1.807, 2.05) is 24.3 Å². The van der Waals surface area contributed by atoms with Crippen molar-refractivity contribution in [3.63, 3.8) is 0 Å². The molecule has 4 nitrogen and oxygen atoms in total. The molecule has 0 aliphatic carbocycles. The van der Waals surface area contributed by atoms with Gasteiger partial charge in [0, 0.05) is 34.7 Å². The van der Waals surface area contributed by atoms with Crippen LogP contribution >= 0.6 is 23.2 Å². The van der Waals surface area contributed by atoms with Gasteiger partial charge in [-0.2, -0.15) is 0 Å². The minimum Gasteiger partial charge on any atom is -0.323 e. The third-order valence-corrected chi connectivity index (χ3v) is 6.31. The number of carbonyl (C=O) groups is 2. The van der Waals surface area contributed by atoms with E-state index in [0.29, 0.717) is 17.8 Å². The molecule has 4 rings (SSSR count). The van der Waals surface area contributed by atoms with Gasteiger partial charge >= 0.3 is 0 Å². The Kier molecular flexibility index (Phi) is 9.26. The summed E-state index contributed by atoms with van der Waals surface area (Å²) < 4.78 is 27.7. The van der Waals surface area contributed by atoms with Crippen LogP contribution < -0.4 is 10.6 Å². The van der Waals surface area contributed by atoms with Gasteiger partial charge in [0.05, 0.1) is 10.0 Å². The maximum atomic E-state index is 13.8. The van der Waals surface area contributed by atoms with Crippen LogP contribution in [0.3, 0.4) is 0 Å². The lowest BCUT2D eigenvalue weighted by molar-refractivity contribution is -0.112. The van der Waals surface area contributed by atoms with Crippen molar-refractivity contribution in [2.45, 2.75) is 6.42 Å². The van der Waals surface area contributed by atoms with Crippen LogP contribution in [0.2, 0.25) is 10.0 Å². The molecule has 0 aliphatic heterocycles. The van der Waals surface area contributed by atoms with Gasteiger partial charge in [-0.25, -0.2) is 8.78 Å². The van der Waals surface area contributed by atoms with Crippen LogP contribution in [-0.2, 0) is 16.0 Å². The number of hydrogen-bond acceptors (Lipinski definition) is 2. The van der Waals surface area contributed by atoms with Crippen molar-refractivity contribution in [2.75, 3.05) is 10.6 Å². The van der Waals surface area contributed by atoms with Crippen molar-refractivity contribution in [2.24, 2.45) is 0 Å². The summed E-state index contributed by atoms with van der Waals surface area (Å²) in [5, 5.41) is 5.90. The standard InChI is InChI=1S/C31H22Cl2F2N2O2/c32-26-3-1-5-28(34)24(26)15-17-30(38)36-22-11-7-20(8-12-22)19-21-9-13-23(14-10-21)37-31(39)18-16-25-27(33)4-2-6-29(25)35/h1-18H,19H2,(H,36,38)(H,37,39). The van der Waals surface area contributed by atoms with E-state index in [9.17, 15) is 18.4 Å². The largest absolute Gasteiger partial charge is 0.323 e. The summed E-state index contributed by atoms with van der Waals surface area (Å²) in [5.74, 6) is -1.83. The lowest BCUT2D eigenvalue weighted by Gasteiger charge is -2.07. The molecule has 0 saturated heterocycles. The molecule has 2 N–H and O–H groups in total. The first-order chi connectivity index (χ1) is 18.8. The van der Waals surface area contributed by atoms with E-state index in [-0.39, 0.29) is 21.2 Å². The molecule has 4 aromatic carbocycles. The van der Waals surface area contributed by atoms with Crippen LogP contribution in [-0.4, -0.2) is 11.8 Å². The molecule has 4 aromatic rings. The highest BCUT2D eigenvalue weighted by atomic mass is 35.5. The number of benzene rings is 4. The first-order valence-corrected chi connectivity index (χ1v) is 12.6. The first-order valence-electron chi connectivity index (χ1n) is 11.8. The zero-order valence-electron chi connectivity index (χ0n) is 20.4. The predicted molar refractivity (Wildman–Crippen MR) is 154 cm³/mol. The summed E-state index contributed by atoms with van der Waals surface area (Å²) in [5.41, 5.74) is 3.52. The fourth-order valence-corrected chi connectivity index (χ4v) is 4.13. The van der Waals surface area contributed by atoms with Gasteiger partial charge in [0.15, 0.2) is 0 Å². The molecule has 39 heavy (non-hydrogen) atoms. The summed E-state index contributed by atoms with van der Waals surface area (Å²) in [6.45, 7) is 0. The molecule has 0 aromatic heterocycles. The lowest BCUT2D eigenvalue weighted by Crippen LogP contribution is -2.08. The van der Waals surface area contributed by atoms with E-state index >= 15 is 0 Å². The Morgan fingerprint density at radius 2 is 1.00 bits per heavy atom. The number of hydrogen-bond donors (Lipinski definition) is 2. The number of carbonyl (C=O) groups excluding carboxylic acids is 2. The van der Waals surface area contributed by atoms with E-state index < -0.39 is 23.4 Å². The molecular weight excluding hydrogens is 541 g/mol. The highest BCUT2D eigenvalue weighted by Gasteiger charge is 2.06. The molecule has 196 valence electrons. The SMILES string of the molecule is O=C(C=Cc1c(F)cccc1Cl)Nc1ccc(Cc2ccc(NC(=O)C=Cc3c(F)cccc3Cl)cc2)cc1. The minimum absolute atomic E-state index is 0.152. The Morgan fingerprint density at radius 1 is 0.615 bits per heavy atom. The summed E-state index contributed by atoms with van der Waals surface area (Å²) in [7, 11) is 0. The van der Waals surface area contributed by atoms with Crippen LogP contribution in [0.4, 0.5) is 20.2 Å². The van der Waals surface area contributed by atoms with Crippen LogP contribution in [0.15, 0.2) is 97.1 Å². The van der Waals surface area contributed by atoms with Crippen molar-refractivity contribution >= 4 is 58.5 Å². The Hall–Kier alpha value is -4.26.